The molecule has 3 heteroatoms. The first-order valence-corrected chi connectivity index (χ1v) is 7.56. The van der Waals surface area contributed by atoms with Gasteiger partial charge in [-0.2, -0.15) is 0 Å². The van der Waals surface area contributed by atoms with Crippen molar-refractivity contribution in [2.24, 2.45) is 0 Å². The second-order valence-corrected chi connectivity index (χ2v) is 5.62. The first-order chi connectivity index (χ1) is 10.4. The van der Waals surface area contributed by atoms with Crippen molar-refractivity contribution in [3.8, 4) is 5.75 Å². The van der Waals surface area contributed by atoms with E-state index in [0.717, 1.165) is 25.3 Å². The predicted molar refractivity (Wildman–Crippen MR) is 81.5 cm³/mol. The lowest BCUT2D eigenvalue weighted by Crippen LogP contribution is -2.31. The Morgan fingerprint density at radius 3 is 2.76 bits per heavy atom. The van der Waals surface area contributed by atoms with Gasteiger partial charge in [-0.3, -0.25) is 0 Å². The molecule has 0 amide bonds. The topological polar surface area (TPSA) is 30.5 Å². The molecule has 2 aliphatic rings. The highest BCUT2D eigenvalue weighted by molar-refractivity contribution is 5.39. The first kappa shape index (κ1) is 12.9. The van der Waals surface area contributed by atoms with E-state index in [-0.39, 0.29) is 12.1 Å². The van der Waals surface area contributed by atoms with Crippen LogP contribution in [0.1, 0.15) is 28.8 Å². The summed E-state index contributed by atoms with van der Waals surface area (Å²) in [5, 5.41) is 3.60. The molecule has 108 valence electrons. The van der Waals surface area contributed by atoms with Gasteiger partial charge in [0.15, 0.2) is 0 Å². The van der Waals surface area contributed by atoms with Crippen LogP contribution in [0.4, 0.5) is 0 Å². The molecular weight excluding hydrogens is 262 g/mol. The zero-order valence-electron chi connectivity index (χ0n) is 11.9. The minimum atomic E-state index is 0.141. The van der Waals surface area contributed by atoms with Gasteiger partial charge in [-0.25, -0.2) is 0 Å². The van der Waals surface area contributed by atoms with Crippen molar-refractivity contribution in [2.45, 2.75) is 18.6 Å². The van der Waals surface area contributed by atoms with E-state index in [4.69, 9.17) is 9.47 Å². The second-order valence-electron chi connectivity index (χ2n) is 5.62. The van der Waals surface area contributed by atoms with Gasteiger partial charge < -0.3 is 14.8 Å². The lowest BCUT2D eigenvalue weighted by atomic mass is 9.97. The fraction of sp³-hybridized carbons (Fsp3) is 0.333. The standard InChI is InChI=1S/C18H19NO2/c1-2-6-14-13(5-1)9-10-20-18(14)11-19-16-12-21-17-8-4-3-7-15(16)17/h1-8,16,18-19H,9-12H2. The third kappa shape index (κ3) is 2.43. The number of nitrogens with one attached hydrogen (secondary N) is 1. The molecule has 0 saturated heterocycles. The predicted octanol–water partition coefficient (Wildman–Crippen LogP) is 3.02. The Labute approximate surface area is 124 Å². The number of para-hydroxylation sites is 1. The molecule has 0 saturated carbocycles. The smallest absolute Gasteiger partial charge is 0.124 e. The van der Waals surface area contributed by atoms with Crippen LogP contribution < -0.4 is 10.1 Å². The monoisotopic (exact) mass is 281 g/mol. The van der Waals surface area contributed by atoms with Crippen LogP contribution in [0.25, 0.3) is 0 Å². The van der Waals surface area contributed by atoms with Crippen molar-refractivity contribution < 1.29 is 9.47 Å². The minimum Gasteiger partial charge on any atom is -0.491 e. The summed E-state index contributed by atoms with van der Waals surface area (Å²) in [6.07, 6.45) is 1.16. The normalized spacial score (nSPS) is 23.2. The number of benzene rings is 2. The third-order valence-electron chi connectivity index (χ3n) is 4.34. The Balaban J connectivity index is 1.47. The maximum atomic E-state index is 5.95. The Bertz CT molecular complexity index is 641. The van der Waals surface area contributed by atoms with Crippen molar-refractivity contribution in [2.75, 3.05) is 19.8 Å². The SMILES string of the molecule is c1ccc2c(c1)CCOC2CNC1COc2ccccc21. The Morgan fingerprint density at radius 2 is 1.81 bits per heavy atom. The molecule has 3 nitrogen and oxygen atoms in total. The molecule has 0 aromatic heterocycles. The summed E-state index contributed by atoms with van der Waals surface area (Å²) in [5.41, 5.74) is 3.99. The summed E-state index contributed by atoms with van der Waals surface area (Å²) < 4.78 is 11.7. The minimum absolute atomic E-state index is 0.141. The van der Waals surface area contributed by atoms with Crippen molar-refractivity contribution in [3.05, 3.63) is 65.2 Å². The molecule has 21 heavy (non-hydrogen) atoms. The summed E-state index contributed by atoms with van der Waals surface area (Å²) in [6, 6.07) is 17.1. The van der Waals surface area contributed by atoms with Crippen LogP contribution in [-0.2, 0) is 11.2 Å². The van der Waals surface area contributed by atoms with Gasteiger partial charge in [-0.05, 0) is 23.6 Å². The highest BCUT2D eigenvalue weighted by atomic mass is 16.5. The van der Waals surface area contributed by atoms with E-state index < -0.39 is 0 Å². The Kier molecular flexibility index (Phi) is 3.37. The fourth-order valence-electron chi connectivity index (χ4n) is 3.23. The maximum Gasteiger partial charge on any atom is 0.124 e. The number of hydrogen-bond donors (Lipinski definition) is 1. The summed E-state index contributed by atoms with van der Waals surface area (Å²) in [5.74, 6) is 1.000. The molecule has 2 aliphatic heterocycles. The summed E-state index contributed by atoms with van der Waals surface area (Å²) >= 11 is 0. The van der Waals surface area contributed by atoms with Crippen LogP contribution in [0.3, 0.4) is 0 Å². The largest absolute Gasteiger partial charge is 0.491 e. The van der Waals surface area contributed by atoms with Gasteiger partial charge in [0.25, 0.3) is 0 Å². The van der Waals surface area contributed by atoms with E-state index in [1.54, 1.807) is 0 Å². The molecule has 0 fully saturated rings. The van der Waals surface area contributed by atoms with Crippen LogP contribution in [0.15, 0.2) is 48.5 Å². The average Bonchev–Trinajstić information content (AvgIpc) is 2.96. The second kappa shape index (κ2) is 5.51. The van der Waals surface area contributed by atoms with Gasteiger partial charge in [0.05, 0.1) is 18.8 Å². The molecular formula is C18H19NO2. The van der Waals surface area contributed by atoms with Crippen LogP contribution in [0, 0.1) is 0 Å². The number of ether oxygens (including phenoxy) is 2. The van der Waals surface area contributed by atoms with Crippen molar-refractivity contribution in [1.82, 2.24) is 5.32 Å². The van der Waals surface area contributed by atoms with Gasteiger partial charge in [-0.15, -0.1) is 0 Å². The molecule has 0 bridgehead atoms. The highest BCUT2D eigenvalue weighted by Gasteiger charge is 2.26. The molecule has 0 radical (unpaired) electrons. The lowest BCUT2D eigenvalue weighted by Gasteiger charge is -2.27. The van der Waals surface area contributed by atoms with E-state index in [0.29, 0.717) is 6.61 Å². The van der Waals surface area contributed by atoms with E-state index >= 15 is 0 Å². The molecule has 0 spiro atoms. The van der Waals surface area contributed by atoms with E-state index in [9.17, 15) is 0 Å². The lowest BCUT2D eigenvalue weighted by molar-refractivity contribution is 0.0401. The molecule has 2 aromatic carbocycles. The summed E-state index contributed by atoms with van der Waals surface area (Å²) in [4.78, 5) is 0. The van der Waals surface area contributed by atoms with E-state index in [2.05, 4.69) is 41.7 Å². The van der Waals surface area contributed by atoms with Gasteiger partial charge >= 0.3 is 0 Å². The maximum absolute atomic E-state index is 5.95. The number of fused-ring (bicyclic) bond motifs is 2. The van der Waals surface area contributed by atoms with Gasteiger partial charge in [0.1, 0.15) is 12.4 Å². The quantitative estimate of drug-likeness (QED) is 0.938. The van der Waals surface area contributed by atoms with Crippen LogP contribution >= 0.6 is 0 Å². The van der Waals surface area contributed by atoms with Crippen molar-refractivity contribution in [1.29, 1.82) is 0 Å². The molecule has 2 aromatic rings. The molecule has 2 atom stereocenters. The molecule has 0 aliphatic carbocycles. The van der Waals surface area contributed by atoms with Gasteiger partial charge in [0.2, 0.25) is 0 Å². The fourth-order valence-corrected chi connectivity index (χ4v) is 3.23. The molecule has 4 rings (SSSR count). The van der Waals surface area contributed by atoms with Crippen LogP contribution in [-0.4, -0.2) is 19.8 Å². The van der Waals surface area contributed by atoms with Crippen molar-refractivity contribution >= 4 is 0 Å². The van der Waals surface area contributed by atoms with Crippen LogP contribution in [0.5, 0.6) is 5.75 Å². The van der Waals surface area contributed by atoms with Gasteiger partial charge in [-0.1, -0.05) is 42.5 Å². The number of hydrogen-bond acceptors (Lipinski definition) is 3. The van der Waals surface area contributed by atoms with E-state index in [1.165, 1.54) is 16.7 Å². The zero-order valence-corrected chi connectivity index (χ0v) is 11.9. The van der Waals surface area contributed by atoms with E-state index in [1.807, 2.05) is 12.1 Å². The Hall–Kier alpha value is -1.84. The van der Waals surface area contributed by atoms with Crippen molar-refractivity contribution in [3.63, 3.8) is 0 Å². The number of rotatable bonds is 3. The summed E-state index contributed by atoms with van der Waals surface area (Å²) in [7, 11) is 0. The van der Waals surface area contributed by atoms with Gasteiger partial charge in [0, 0.05) is 12.1 Å². The third-order valence-corrected chi connectivity index (χ3v) is 4.34. The highest BCUT2D eigenvalue weighted by Crippen LogP contribution is 2.33. The first-order valence-electron chi connectivity index (χ1n) is 7.56. The molecule has 2 heterocycles. The molecule has 2 unspecified atom stereocenters. The molecule has 1 N–H and O–H groups in total. The Morgan fingerprint density at radius 1 is 1.00 bits per heavy atom. The average molecular weight is 281 g/mol. The van der Waals surface area contributed by atoms with Crippen LogP contribution in [0.2, 0.25) is 0 Å². The zero-order chi connectivity index (χ0) is 14.1. The summed E-state index contributed by atoms with van der Waals surface area (Å²) in [6.45, 7) is 2.33.